The Hall–Kier alpha value is -1.85. The van der Waals surface area contributed by atoms with Crippen LogP contribution in [0.1, 0.15) is 79.8 Å². The summed E-state index contributed by atoms with van der Waals surface area (Å²) in [7, 11) is -2.04. The van der Waals surface area contributed by atoms with E-state index in [0.29, 0.717) is 16.9 Å². The molecule has 1 N–H and O–H groups in total. The minimum Gasteiger partial charge on any atom is -0.496 e. The molecule has 2 aromatic carbocycles. The van der Waals surface area contributed by atoms with Gasteiger partial charge in [0.1, 0.15) is 5.75 Å². The van der Waals surface area contributed by atoms with Crippen molar-refractivity contribution in [3.8, 4) is 5.75 Å². The van der Waals surface area contributed by atoms with Crippen molar-refractivity contribution in [1.29, 1.82) is 0 Å². The van der Waals surface area contributed by atoms with Gasteiger partial charge in [-0.05, 0) is 84.9 Å². The average molecular weight is 416 g/mol. The first-order chi connectivity index (χ1) is 13.8. The minimum atomic E-state index is -3.66. The number of ether oxygens (including phenoxy) is 1. The monoisotopic (exact) mass is 415 g/mol. The van der Waals surface area contributed by atoms with Crippen molar-refractivity contribution < 1.29 is 13.2 Å². The average Bonchev–Trinajstić information content (AvgIpc) is 2.70. The van der Waals surface area contributed by atoms with E-state index >= 15 is 0 Å². The minimum absolute atomic E-state index is 0.169. The molecule has 1 unspecified atom stereocenters. The molecule has 5 heteroatoms. The molecule has 0 aliphatic heterocycles. The summed E-state index contributed by atoms with van der Waals surface area (Å²) in [4.78, 5) is 0.332. The Balaban J connectivity index is 1.94. The molecule has 0 radical (unpaired) electrons. The molecular weight excluding hydrogens is 382 g/mol. The highest BCUT2D eigenvalue weighted by Crippen LogP contribution is 2.33. The third-order valence-corrected chi connectivity index (χ3v) is 7.53. The van der Waals surface area contributed by atoms with Gasteiger partial charge in [0, 0.05) is 6.04 Å². The fourth-order valence-corrected chi connectivity index (χ4v) is 5.77. The molecule has 0 spiro atoms. The van der Waals surface area contributed by atoms with Crippen LogP contribution in [-0.2, 0) is 22.9 Å². The van der Waals surface area contributed by atoms with E-state index in [2.05, 4.69) is 22.9 Å². The van der Waals surface area contributed by atoms with Gasteiger partial charge in [-0.25, -0.2) is 13.1 Å². The van der Waals surface area contributed by atoms with Crippen molar-refractivity contribution >= 4 is 10.0 Å². The predicted octanol–water partition coefficient (Wildman–Crippen LogP) is 5.44. The zero-order valence-corrected chi connectivity index (χ0v) is 19.0. The maximum absolute atomic E-state index is 13.3. The number of benzene rings is 2. The van der Waals surface area contributed by atoms with Crippen LogP contribution in [0.5, 0.6) is 5.75 Å². The topological polar surface area (TPSA) is 55.4 Å². The van der Waals surface area contributed by atoms with Gasteiger partial charge in [-0.2, -0.15) is 0 Å². The molecule has 0 saturated heterocycles. The summed E-state index contributed by atoms with van der Waals surface area (Å²) >= 11 is 0. The van der Waals surface area contributed by atoms with E-state index in [1.165, 1.54) is 24.0 Å². The smallest absolute Gasteiger partial charge is 0.241 e. The summed E-state index contributed by atoms with van der Waals surface area (Å²) in [6.07, 6.45) is 5.36. The molecule has 0 heterocycles. The fraction of sp³-hybridized carbons (Fsp3) is 0.500. The quantitative estimate of drug-likeness (QED) is 0.655. The number of nitrogens with one attached hydrogen (secondary N) is 1. The SMILES string of the molecule is CCC(NS(=O)(=O)c1cc(C(C)C)c(OC)cc1C)c1ccc2c(c1)CCCC2. The number of fused-ring (bicyclic) bond motifs is 1. The molecule has 1 aliphatic rings. The first-order valence-corrected chi connectivity index (χ1v) is 12.1. The van der Waals surface area contributed by atoms with Crippen molar-refractivity contribution in [3.05, 3.63) is 58.1 Å². The molecule has 0 aromatic heterocycles. The van der Waals surface area contributed by atoms with Crippen molar-refractivity contribution in [3.63, 3.8) is 0 Å². The molecule has 2 aromatic rings. The van der Waals surface area contributed by atoms with Gasteiger partial charge in [-0.3, -0.25) is 0 Å². The molecule has 1 aliphatic carbocycles. The van der Waals surface area contributed by atoms with Gasteiger partial charge >= 0.3 is 0 Å². The Morgan fingerprint density at radius 1 is 1.07 bits per heavy atom. The number of sulfonamides is 1. The third kappa shape index (κ3) is 4.67. The van der Waals surface area contributed by atoms with Gasteiger partial charge in [0.05, 0.1) is 12.0 Å². The molecule has 1 atom stereocenters. The molecule has 0 saturated carbocycles. The molecular formula is C24H33NO3S. The van der Waals surface area contributed by atoms with Crippen LogP contribution in [-0.4, -0.2) is 15.5 Å². The molecule has 29 heavy (non-hydrogen) atoms. The summed E-state index contributed by atoms with van der Waals surface area (Å²) in [5, 5.41) is 0. The highest BCUT2D eigenvalue weighted by molar-refractivity contribution is 7.89. The van der Waals surface area contributed by atoms with Gasteiger partial charge in [-0.1, -0.05) is 39.0 Å². The van der Waals surface area contributed by atoms with Crippen LogP contribution >= 0.6 is 0 Å². The Bertz CT molecular complexity index is 980. The van der Waals surface area contributed by atoms with E-state index in [-0.39, 0.29) is 12.0 Å². The first-order valence-electron chi connectivity index (χ1n) is 10.6. The molecule has 158 valence electrons. The second kappa shape index (κ2) is 8.88. The van der Waals surface area contributed by atoms with E-state index in [1.807, 2.05) is 33.8 Å². The van der Waals surface area contributed by atoms with Crippen LogP contribution < -0.4 is 9.46 Å². The molecule has 0 fully saturated rings. The summed E-state index contributed by atoms with van der Waals surface area (Å²) < 4.78 is 35.0. The Labute approximate surface area is 175 Å². The lowest BCUT2D eigenvalue weighted by molar-refractivity contribution is 0.406. The lowest BCUT2D eigenvalue weighted by Gasteiger charge is -2.23. The Morgan fingerprint density at radius 2 is 1.76 bits per heavy atom. The molecule has 0 amide bonds. The number of aryl methyl sites for hydroxylation is 3. The summed E-state index contributed by atoms with van der Waals surface area (Å²) in [5.41, 5.74) is 5.42. The maximum atomic E-state index is 13.3. The fourth-order valence-electron chi connectivity index (χ4n) is 4.20. The number of hydrogen-bond acceptors (Lipinski definition) is 3. The van der Waals surface area contributed by atoms with Gasteiger partial charge in [0.25, 0.3) is 0 Å². The molecule has 3 rings (SSSR count). The summed E-state index contributed by atoms with van der Waals surface area (Å²) in [6.45, 7) is 7.92. The maximum Gasteiger partial charge on any atom is 0.241 e. The van der Waals surface area contributed by atoms with Gasteiger partial charge in [0.15, 0.2) is 0 Å². The summed E-state index contributed by atoms with van der Waals surface area (Å²) in [6, 6.07) is 9.81. The van der Waals surface area contributed by atoms with Crippen molar-refractivity contribution in [2.24, 2.45) is 0 Å². The van der Waals surface area contributed by atoms with E-state index < -0.39 is 10.0 Å². The van der Waals surface area contributed by atoms with E-state index in [9.17, 15) is 8.42 Å². The number of hydrogen-bond donors (Lipinski definition) is 1. The predicted molar refractivity (Wildman–Crippen MR) is 118 cm³/mol. The van der Waals surface area contributed by atoms with Crippen LogP contribution in [0.3, 0.4) is 0 Å². The third-order valence-electron chi connectivity index (χ3n) is 5.92. The van der Waals surface area contributed by atoms with Gasteiger partial charge in [-0.15, -0.1) is 0 Å². The van der Waals surface area contributed by atoms with Crippen molar-refractivity contribution in [1.82, 2.24) is 4.72 Å². The van der Waals surface area contributed by atoms with E-state index in [4.69, 9.17) is 4.74 Å². The highest BCUT2D eigenvalue weighted by Gasteiger charge is 2.25. The van der Waals surface area contributed by atoms with E-state index in [0.717, 1.165) is 29.7 Å². The Kier molecular flexibility index (Phi) is 6.69. The van der Waals surface area contributed by atoms with Crippen LogP contribution in [0, 0.1) is 6.92 Å². The molecule has 4 nitrogen and oxygen atoms in total. The number of methoxy groups -OCH3 is 1. The van der Waals surface area contributed by atoms with Crippen LogP contribution in [0.25, 0.3) is 0 Å². The van der Waals surface area contributed by atoms with Crippen LogP contribution in [0.4, 0.5) is 0 Å². The zero-order chi connectivity index (χ0) is 21.2. The largest absolute Gasteiger partial charge is 0.496 e. The molecule has 0 bridgehead atoms. The zero-order valence-electron chi connectivity index (χ0n) is 18.2. The number of rotatable bonds is 7. The van der Waals surface area contributed by atoms with Crippen molar-refractivity contribution in [2.75, 3.05) is 7.11 Å². The van der Waals surface area contributed by atoms with E-state index in [1.54, 1.807) is 13.2 Å². The van der Waals surface area contributed by atoms with Crippen molar-refractivity contribution in [2.45, 2.75) is 76.7 Å². The summed E-state index contributed by atoms with van der Waals surface area (Å²) in [5.74, 6) is 0.903. The second-order valence-electron chi connectivity index (χ2n) is 8.33. The lowest BCUT2D eigenvalue weighted by atomic mass is 9.89. The highest BCUT2D eigenvalue weighted by atomic mass is 32.2. The second-order valence-corrected chi connectivity index (χ2v) is 10.0. The van der Waals surface area contributed by atoms with Gasteiger partial charge < -0.3 is 4.74 Å². The normalized spacial score (nSPS) is 15.2. The lowest BCUT2D eigenvalue weighted by Crippen LogP contribution is -2.29. The van der Waals surface area contributed by atoms with Crippen LogP contribution in [0.15, 0.2) is 35.2 Å². The Morgan fingerprint density at radius 3 is 2.38 bits per heavy atom. The van der Waals surface area contributed by atoms with Gasteiger partial charge in [0.2, 0.25) is 10.0 Å². The first kappa shape index (κ1) is 21.8. The van der Waals surface area contributed by atoms with Crippen LogP contribution in [0.2, 0.25) is 0 Å². The standard InChI is InChI=1S/C24H33NO3S/c1-6-22(20-12-11-18-9-7-8-10-19(18)14-20)25-29(26,27)24-15-21(16(2)3)23(28-5)13-17(24)4/h11-16,22,25H,6-10H2,1-5H3.